The van der Waals surface area contributed by atoms with Gasteiger partial charge in [-0.15, -0.1) is 0 Å². The van der Waals surface area contributed by atoms with Crippen LogP contribution in [0.5, 0.6) is 5.75 Å². The Morgan fingerprint density at radius 2 is 1.81 bits per heavy atom. The van der Waals surface area contributed by atoms with E-state index in [0.717, 1.165) is 28.3 Å². The summed E-state index contributed by atoms with van der Waals surface area (Å²) in [4.78, 5) is 16.5. The lowest BCUT2D eigenvalue weighted by Gasteiger charge is -2.09. The molecule has 2 aromatic carbocycles. The fourth-order valence-electron chi connectivity index (χ4n) is 2.69. The lowest BCUT2D eigenvalue weighted by molar-refractivity contribution is -0.123. The maximum atomic E-state index is 12.0. The van der Waals surface area contributed by atoms with Crippen LogP contribution in [0.25, 0.3) is 11.3 Å². The van der Waals surface area contributed by atoms with Crippen molar-refractivity contribution in [2.24, 2.45) is 0 Å². The fourth-order valence-corrected chi connectivity index (χ4v) is 2.69. The molecule has 0 spiro atoms. The molecule has 0 saturated heterocycles. The number of hydrogen-bond donors (Lipinski definition) is 1. The molecule has 5 nitrogen and oxygen atoms in total. The number of oxazole rings is 1. The number of aromatic nitrogens is 1. The molecule has 26 heavy (non-hydrogen) atoms. The highest BCUT2D eigenvalue weighted by molar-refractivity contribution is 5.77. The Morgan fingerprint density at radius 3 is 2.58 bits per heavy atom. The number of nitrogens with one attached hydrogen (secondary N) is 1. The maximum absolute atomic E-state index is 12.0. The van der Waals surface area contributed by atoms with Crippen LogP contribution in [0.4, 0.5) is 0 Å². The predicted molar refractivity (Wildman–Crippen MR) is 100 cm³/mol. The van der Waals surface area contributed by atoms with Gasteiger partial charge in [0.15, 0.2) is 12.5 Å². The Kier molecular flexibility index (Phi) is 5.69. The van der Waals surface area contributed by atoms with E-state index in [9.17, 15) is 4.79 Å². The highest BCUT2D eigenvalue weighted by atomic mass is 16.5. The van der Waals surface area contributed by atoms with Crippen LogP contribution < -0.4 is 10.1 Å². The molecule has 1 aromatic heterocycles. The van der Waals surface area contributed by atoms with Gasteiger partial charge in [0.25, 0.3) is 5.91 Å². The molecule has 0 radical (unpaired) electrons. The molecule has 0 aliphatic heterocycles. The second-order valence-corrected chi connectivity index (χ2v) is 6.02. The second kappa shape index (κ2) is 8.34. The summed E-state index contributed by atoms with van der Waals surface area (Å²) in [6.07, 6.45) is 0.571. The smallest absolute Gasteiger partial charge is 0.257 e. The number of aryl methyl sites for hydroxylation is 2. The molecule has 1 N–H and O–H groups in total. The minimum atomic E-state index is -0.161. The van der Waals surface area contributed by atoms with Gasteiger partial charge in [-0.1, -0.05) is 48.5 Å². The Balaban J connectivity index is 1.52. The number of ether oxygens (including phenoxy) is 1. The van der Waals surface area contributed by atoms with Crippen molar-refractivity contribution < 1.29 is 13.9 Å². The first-order chi connectivity index (χ1) is 12.6. The zero-order chi connectivity index (χ0) is 18.4. The standard InChI is InChI=1S/C21H22N2O3/c1-15-8-6-7-11-18(15)25-14-20(24)22-13-12-19-21(23-16(2)26-19)17-9-4-3-5-10-17/h3-11H,12-14H2,1-2H3,(H,22,24). The molecular formula is C21H22N2O3. The molecular weight excluding hydrogens is 328 g/mol. The van der Waals surface area contributed by atoms with E-state index in [-0.39, 0.29) is 12.5 Å². The summed E-state index contributed by atoms with van der Waals surface area (Å²) >= 11 is 0. The minimum Gasteiger partial charge on any atom is -0.484 e. The van der Waals surface area contributed by atoms with Crippen LogP contribution in [-0.2, 0) is 11.2 Å². The summed E-state index contributed by atoms with van der Waals surface area (Å²) in [5.74, 6) is 1.95. The van der Waals surface area contributed by atoms with Crippen molar-refractivity contribution in [2.45, 2.75) is 20.3 Å². The van der Waals surface area contributed by atoms with Gasteiger partial charge < -0.3 is 14.5 Å². The van der Waals surface area contributed by atoms with Gasteiger partial charge in [0, 0.05) is 25.5 Å². The molecule has 3 rings (SSSR count). The monoisotopic (exact) mass is 350 g/mol. The van der Waals surface area contributed by atoms with Crippen LogP contribution in [0.1, 0.15) is 17.2 Å². The Morgan fingerprint density at radius 1 is 1.08 bits per heavy atom. The molecule has 1 amide bonds. The largest absolute Gasteiger partial charge is 0.484 e. The average Bonchev–Trinajstić information content (AvgIpc) is 3.02. The van der Waals surface area contributed by atoms with Crippen LogP contribution in [0, 0.1) is 13.8 Å². The third-order valence-corrected chi connectivity index (χ3v) is 3.98. The zero-order valence-electron chi connectivity index (χ0n) is 15.0. The summed E-state index contributed by atoms with van der Waals surface area (Å²) in [7, 11) is 0. The van der Waals surface area contributed by atoms with E-state index in [0.29, 0.717) is 18.9 Å². The van der Waals surface area contributed by atoms with E-state index in [1.807, 2.05) is 68.4 Å². The van der Waals surface area contributed by atoms with Crippen LogP contribution >= 0.6 is 0 Å². The van der Waals surface area contributed by atoms with Crippen molar-refractivity contribution in [1.29, 1.82) is 0 Å². The van der Waals surface area contributed by atoms with Crippen LogP contribution in [-0.4, -0.2) is 24.0 Å². The molecule has 0 fully saturated rings. The number of hydrogen-bond acceptors (Lipinski definition) is 4. The van der Waals surface area contributed by atoms with Crippen molar-refractivity contribution in [1.82, 2.24) is 10.3 Å². The van der Waals surface area contributed by atoms with Crippen molar-refractivity contribution in [3.63, 3.8) is 0 Å². The molecule has 0 aliphatic rings. The lowest BCUT2D eigenvalue weighted by Crippen LogP contribution is -2.30. The molecule has 5 heteroatoms. The van der Waals surface area contributed by atoms with E-state index < -0.39 is 0 Å². The van der Waals surface area contributed by atoms with Gasteiger partial charge in [0.05, 0.1) is 0 Å². The molecule has 0 bridgehead atoms. The molecule has 0 aliphatic carbocycles. The van der Waals surface area contributed by atoms with Crippen molar-refractivity contribution in [2.75, 3.05) is 13.2 Å². The molecule has 0 atom stereocenters. The fraction of sp³-hybridized carbons (Fsp3) is 0.238. The average molecular weight is 350 g/mol. The molecule has 0 unspecified atom stereocenters. The first-order valence-corrected chi connectivity index (χ1v) is 8.60. The van der Waals surface area contributed by atoms with Crippen molar-refractivity contribution >= 4 is 5.91 Å². The van der Waals surface area contributed by atoms with E-state index in [1.54, 1.807) is 0 Å². The van der Waals surface area contributed by atoms with Crippen LogP contribution in [0.2, 0.25) is 0 Å². The number of benzene rings is 2. The molecule has 3 aromatic rings. The Labute approximate surface area is 153 Å². The summed E-state index contributed by atoms with van der Waals surface area (Å²) in [5, 5.41) is 2.86. The third kappa shape index (κ3) is 4.51. The molecule has 0 saturated carbocycles. The number of rotatable bonds is 7. The zero-order valence-corrected chi connectivity index (χ0v) is 15.0. The SMILES string of the molecule is Cc1nc(-c2ccccc2)c(CCNC(=O)COc2ccccc2C)o1. The van der Waals surface area contributed by atoms with Crippen molar-refractivity contribution in [3.05, 3.63) is 71.8 Å². The molecule has 134 valence electrons. The van der Waals surface area contributed by atoms with E-state index in [4.69, 9.17) is 9.15 Å². The van der Waals surface area contributed by atoms with Gasteiger partial charge in [-0.2, -0.15) is 0 Å². The van der Waals surface area contributed by atoms with Crippen LogP contribution in [0.15, 0.2) is 59.0 Å². The van der Waals surface area contributed by atoms with Gasteiger partial charge in [-0.25, -0.2) is 4.98 Å². The quantitative estimate of drug-likeness (QED) is 0.706. The second-order valence-electron chi connectivity index (χ2n) is 6.02. The highest BCUT2D eigenvalue weighted by Crippen LogP contribution is 2.23. The number of nitrogens with zero attached hydrogens (tertiary/aromatic N) is 1. The van der Waals surface area contributed by atoms with Crippen LogP contribution in [0.3, 0.4) is 0 Å². The summed E-state index contributed by atoms with van der Waals surface area (Å²) in [5.41, 5.74) is 2.84. The summed E-state index contributed by atoms with van der Waals surface area (Å²) in [6, 6.07) is 17.5. The Bertz CT molecular complexity index is 872. The van der Waals surface area contributed by atoms with E-state index in [1.165, 1.54) is 0 Å². The predicted octanol–water partition coefficient (Wildman–Crippen LogP) is 3.70. The number of carbonyl (C=O) groups is 1. The minimum absolute atomic E-state index is 0.00811. The van der Waals surface area contributed by atoms with Gasteiger partial charge in [-0.05, 0) is 18.6 Å². The van der Waals surface area contributed by atoms with Gasteiger partial charge in [0.1, 0.15) is 17.2 Å². The third-order valence-electron chi connectivity index (χ3n) is 3.98. The number of amides is 1. The molecule has 1 heterocycles. The van der Waals surface area contributed by atoms with Gasteiger partial charge in [0.2, 0.25) is 0 Å². The number of carbonyl (C=O) groups excluding carboxylic acids is 1. The first-order valence-electron chi connectivity index (χ1n) is 8.60. The topological polar surface area (TPSA) is 64.4 Å². The first kappa shape index (κ1) is 17.7. The van der Waals surface area contributed by atoms with Crippen molar-refractivity contribution in [3.8, 4) is 17.0 Å². The lowest BCUT2D eigenvalue weighted by atomic mass is 10.1. The van der Waals surface area contributed by atoms with Gasteiger partial charge in [-0.3, -0.25) is 4.79 Å². The van der Waals surface area contributed by atoms with E-state index >= 15 is 0 Å². The number of para-hydroxylation sites is 1. The Hall–Kier alpha value is -3.08. The maximum Gasteiger partial charge on any atom is 0.257 e. The highest BCUT2D eigenvalue weighted by Gasteiger charge is 2.13. The summed E-state index contributed by atoms with van der Waals surface area (Å²) in [6.45, 7) is 4.23. The summed E-state index contributed by atoms with van der Waals surface area (Å²) < 4.78 is 11.3. The normalized spacial score (nSPS) is 10.5. The van der Waals surface area contributed by atoms with Gasteiger partial charge >= 0.3 is 0 Å². The van der Waals surface area contributed by atoms with E-state index in [2.05, 4.69) is 10.3 Å².